The summed E-state index contributed by atoms with van der Waals surface area (Å²) in [4.78, 5) is 37.8. The van der Waals surface area contributed by atoms with Gasteiger partial charge in [-0.25, -0.2) is 0 Å². The van der Waals surface area contributed by atoms with Crippen molar-refractivity contribution in [2.24, 2.45) is 51.2 Å². The molecule has 6 rings (SSSR count). The highest BCUT2D eigenvalue weighted by molar-refractivity contribution is 5.74. The maximum atomic E-state index is 13.1. The first-order chi connectivity index (χ1) is 23.4. The molecule has 0 amide bonds. The van der Waals surface area contributed by atoms with E-state index in [1.165, 1.54) is 6.92 Å². The molecule has 12 nitrogen and oxygen atoms in total. The summed E-state index contributed by atoms with van der Waals surface area (Å²) >= 11 is 0. The molecule has 50 heavy (non-hydrogen) atoms. The molecule has 6 aliphatic rings. The van der Waals surface area contributed by atoms with Crippen molar-refractivity contribution in [3.05, 3.63) is 0 Å². The van der Waals surface area contributed by atoms with E-state index in [1.807, 2.05) is 6.92 Å². The SMILES string of the molecule is CC(=O)OC(CC1CC(C)C(=O)O1)C(C)C1CCC2C3(C)CCC(OC4OC(CO)C(O)C(O)C4O)C(C)(C)C3CCC2(C)C12COC(=O)C2. The molecule has 6 fully saturated rings. The molecular weight excluding hydrogens is 648 g/mol. The molecule has 284 valence electrons. The fourth-order valence-electron chi connectivity index (χ4n) is 12.4. The summed E-state index contributed by atoms with van der Waals surface area (Å²) in [7, 11) is 0. The van der Waals surface area contributed by atoms with Gasteiger partial charge in [0.2, 0.25) is 0 Å². The van der Waals surface area contributed by atoms with Gasteiger partial charge in [0.05, 0.1) is 31.7 Å². The van der Waals surface area contributed by atoms with Gasteiger partial charge in [0.15, 0.2) is 6.29 Å². The van der Waals surface area contributed by atoms with Crippen LogP contribution in [0, 0.1) is 51.2 Å². The Morgan fingerprint density at radius 3 is 2.30 bits per heavy atom. The molecule has 0 aromatic heterocycles. The van der Waals surface area contributed by atoms with E-state index in [0.29, 0.717) is 32.3 Å². The van der Waals surface area contributed by atoms with Crippen molar-refractivity contribution in [2.75, 3.05) is 13.2 Å². The fraction of sp³-hybridized carbons (Fsp3) is 0.921. The molecule has 12 heteroatoms. The molecule has 0 aromatic carbocycles. The van der Waals surface area contributed by atoms with E-state index in [4.69, 9.17) is 23.7 Å². The number of ether oxygens (including phenoxy) is 5. The zero-order chi connectivity index (χ0) is 36.6. The van der Waals surface area contributed by atoms with Gasteiger partial charge in [-0.3, -0.25) is 14.4 Å². The lowest BCUT2D eigenvalue weighted by Crippen LogP contribution is -2.67. The Morgan fingerprint density at radius 2 is 1.70 bits per heavy atom. The maximum Gasteiger partial charge on any atom is 0.309 e. The van der Waals surface area contributed by atoms with Crippen molar-refractivity contribution in [3.8, 4) is 0 Å². The molecule has 4 N–H and O–H groups in total. The molecule has 16 atom stereocenters. The molecule has 1 spiro atoms. The third kappa shape index (κ3) is 6.01. The highest BCUT2D eigenvalue weighted by atomic mass is 16.7. The molecule has 3 aliphatic heterocycles. The van der Waals surface area contributed by atoms with E-state index in [9.17, 15) is 34.8 Å². The van der Waals surface area contributed by atoms with E-state index in [0.717, 1.165) is 32.1 Å². The summed E-state index contributed by atoms with van der Waals surface area (Å²) in [5.74, 6) is -0.478. The van der Waals surface area contributed by atoms with Gasteiger partial charge in [0, 0.05) is 18.8 Å². The molecule has 3 aliphatic carbocycles. The van der Waals surface area contributed by atoms with Crippen LogP contribution >= 0.6 is 0 Å². The van der Waals surface area contributed by atoms with Crippen LogP contribution in [-0.2, 0) is 38.1 Å². The van der Waals surface area contributed by atoms with Gasteiger partial charge in [-0.15, -0.1) is 0 Å². The Kier molecular flexibility index (Phi) is 10.3. The van der Waals surface area contributed by atoms with Gasteiger partial charge in [0.1, 0.15) is 36.6 Å². The second-order valence-corrected chi connectivity index (χ2v) is 17.9. The molecule has 3 saturated heterocycles. The highest BCUT2D eigenvalue weighted by Gasteiger charge is 2.71. The van der Waals surface area contributed by atoms with E-state index >= 15 is 0 Å². The van der Waals surface area contributed by atoms with E-state index in [2.05, 4.69) is 34.6 Å². The fourth-order valence-corrected chi connectivity index (χ4v) is 12.4. The standard InChI is InChI=1S/C38H60O12/c1-19-14-22(48-33(19)45)15-24(47-21(3)40)20(2)23-8-9-27-36(6)12-11-28(50-34-32(44)31(43)30(42)25(17-39)49-34)35(4,5)26(36)10-13-37(27,7)38(23)16-29(41)46-18-38/h19-20,22-28,30-32,34,39,42-44H,8-18H2,1-7H3. The third-order valence-corrected chi connectivity index (χ3v) is 15.0. The van der Waals surface area contributed by atoms with Gasteiger partial charge >= 0.3 is 17.9 Å². The van der Waals surface area contributed by atoms with Crippen LogP contribution in [0.5, 0.6) is 0 Å². The minimum absolute atomic E-state index is 0.0492. The van der Waals surface area contributed by atoms with Gasteiger partial charge in [-0.05, 0) is 84.9 Å². The van der Waals surface area contributed by atoms with Crippen LogP contribution in [0.1, 0.15) is 106 Å². The van der Waals surface area contributed by atoms with Crippen molar-refractivity contribution in [1.29, 1.82) is 0 Å². The Morgan fingerprint density at radius 1 is 0.980 bits per heavy atom. The number of rotatable bonds is 8. The van der Waals surface area contributed by atoms with Crippen LogP contribution in [-0.4, -0.2) is 101 Å². The quantitative estimate of drug-likeness (QED) is 0.165. The van der Waals surface area contributed by atoms with Gasteiger partial charge < -0.3 is 44.1 Å². The number of cyclic esters (lactones) is 2. The van der Waals surface area contributed by atoms with Crippen LogP contribution in [0.15, 0.2) is 0 Å². The third-order valence-electron chi connectivity index (χ3n) is 15.0. The zero-order valence-corrected chi connectivity index (χ0v) is 30.8. The monoisotopic (exact) mass is 708 g/mol. The van der Waals surface area contributed by atoms with Crippen LogP contribution in [0.25, 0.3) is 0 Å². The zero-order valence-electron chi connectivity index (χ0n) is 30.8. The van der Waals surface area contributed by atoms with Crippen LogP contribution in [0.3, 0.4) is 0 Å². The number of aliphatic hydroxyl groups is 4. The number of hydrogen-bond donors (Lipinski definition) is 4. The first-order valence-corrected chi connectivity index (χ1v) is 18.9. The predicted molar refractivity (Wildman–Crippen MR) is 178 cm³/mol. The highest BCUT2D eigenvalue weighted by Crippen LogP contribution is 2.74. The summed E-state index contributed by atoms with van der Waals surface area (Å²) in [5.41, 5.74) is -1.13. The molecule has 3 saturated carbocycles. The number of esters is 3. The van der Waals surface area contributed by atoms with E-state index in [1.54, 1.807) is 0 Å². The Bertz CT molecular complexity index is 1300. The van der Waals surface area contributed by atoms with Crippen LogP contribution in [0.2, 0.25) is 0 Å². The van der Waals surface area contributed by atoms with Crippen molar-refractivity contribution in [2.45, 2.75) is 155 Å². The molecular formula is C38H60O12. The van der Waals surface area contributed by atoms with Gasteiger partial charge in [-0.2, -0.15) is 0 Å². The van der Waals surface area contributed by atoms with Crippen molar-refractivity contribution < 1.29 is 58.5 Å². The lowest BCUT2D eigenvalue weighted by molar-refractivity contribution is -0.331. The summed E-state index contributed by atoms with van der Waals surface area (Å²) in [6.45, 7) is 14.4. The van der Waals surface area contributed by atoms with Crippen LogP contribution in [0.4, 0.5) is 0 Å². The summed E-state index contributed by atoms with van der Waals surface area (Å²) in [6.07, 6.45) is -1.22. The smallest absolute Gasteiger partial charge is 0.309 e. The van der Waals surface area contributed by atoms with Gasteiger partial charge in [0.25, 0.3) is 0 Å². The predicted octanol–water partition coefficient (Wildman–Crippen LogP) is 3.28. The van der Waals surface area contributed by atoms with E-state index < -0.39 is 48.8 Å². The maximum absolute atomic E-state index is 13.1. The second-order valence-electron chi connectivity index (χ2n) is 17.9. The number of hydrogen-bond acceptors (Lipinski definition) is 12. The van der Waals surface area contributed by atoms with Crippen molar-refractivity contribution in [3.63, 3.8) is 0 Å². The number of carbonyl (C=O) groups excluding carboxylic acids is 3. The Labute approximate surface area is 295 Å². The minimum atomic E-state index is -1.50. The molecule has 3 heterocycles. The Balaban J connectivity index is 1.26. The molecule has 0 radical (unpaired) electrons. The number of carbonyl (C=O) groups is 3. The average molecular weight is 709 g/mol. The molecule has 0 bridgehead atoms. The topological polar surface area (TPSA) is 178 Å². The average Bonchev–Trinajstić information content (AvgIpc) is 3.59. The minimum Gasteiger partial charge on any atom is -0.465 e. The Hall–Kier alpha value is -1.83. The molecule has 16 unspecified atom stereocenters. The normalized spacial score (nSPS) is 48.3. The van der Waals surface area contributed by atoms with Gasteiger partial charge in [-0.1, -0.05) is 41.5 Å². The summed E-state index contributed by atoms with van der Waals surface area (Å²) < 4.78 is 29.8. The van der Waals surface area contributed by atoms with E-state index in [-0.39, 0.29) is 76.0 Å². The number of aliphatic hydroxyl groups excluding tert-OH is 4. The second kappa shape index (κ2) is 13.5. The lowest BCUT2D eigenvalue weighted by atomic mass is 9.34. The first-order valence-electron chi connectivity index (χ1n) is 18.9. The summed E-state index contributed by atoms with van der Waals surface area (Å²) in [5, 5.41) is 41.2. The molecule has 0 aromatic rings. The summed E-state index contributed by atoms with van der Waals surface area (Å²) in [6, 6.07) is 0. The van der Waals surface area contributed by atoms with Crippen LogP contribution < -0.4 is 0 Å². The largest absolute Gasteiger partial charge is 0.465 e. The van der Waals surface area contributed by atoms with Crippen molar-refractivity contribution in [1.82, 2.24) is 0 Å². The van der Waals surface area contributed by atoms with Crippen molar-refractivity contribution >= 4 is 17.9 Å². The lowest BCUT2D eigenvalue weighted by Gasteiger charge is -2.70. The number of fused-ring (bicyclic) bond motifs is 4. The first kappa shape index (κ1) is 37.9.